The van der Waals surface area contributed by atoms with Crippen molar-refractivity contribution in [1.29, 1.82) is 0 Å². The maximum atomic E-state index is 10.8. The normalized spacial score (nSPS) is 11.7. The summed E-state index contributed by atoms with van der Waals surface area (Å²) in [4.78, 5) is 0. The molecule has 0 saturated carbocycles. The Labute approximate surface area is 126 Å². The average molecular weight is 302 g/mol. The van der Waals surface area contributed by atoms with Gasteiger partial charge in [-0.3, -0.25) is 4.55 Å². The van der Waals surface area contributed by atoms with E-state index in [-0.39, 0.29) is 0 Å². The highest BCUT2D eigenvalue weighted by Crippen LogP contribution is 2.21. The first-order valence-corrected chi connectivity index (χ1v) is 7.80. The van der Waals surface area contributed by atoms with E-state index in [4.69, 9.17) is 4.55 Å². The highest BCUT2D eigenvalue weighted by atomic mass is 32.2. The Balaban J connectivity index is 0.000000235. The summed E-state index contributed by atoms with van der Waals surface area (Å²) in [5.74, 6) is 0. The Hall–Kier alpha value is -2.17. The summed E-state index contributed by atoms with van der Waals surface area (Å²) in [6.45, 7) is 7.00. The van der Waals surface area contributed by atoms with Gasteiger partial charge in [-0.25, -0.2) is 0 Å². The van der Waals surface area contributed by atoms with E-state index in [1.807, 2.05) is 36.4 Å². The molecule has 4 heteroatoms. The lowest BCUT2D eigenvalue weighted by atomic mass is 10.1. The maximum Gasteiger partial charge on any atom is 0.275 e. The molecular formula is C17H18O3S. The van der Waals surface area contributed by atoms with E-state index in [1.54, 1.807) is 30.3 Å². The van der Waals surface area contributed by atoms with E-state index in [9.17, 15) is 8.42 Å². The van der Waals surface area contributed by atoms with Crippen LogP contribution in [0.3, 0.4) is 0 Å². The smallest absolute Gasteiger partial charge is 0.275 e. The average Bonchev–Trinajstić information content (AvgIpc) is 2.49. The molecule has 0 bridgehead atoms. The molecule has 2 rings (SSSR count). The minimum absolute atomic E-state index is 0.514. The predicted molar refractivity (Wildman–Crippen MR) is 87.5 cm³/mol. The summed E-state index contributed by atoms with van der Waals surface area (Å²) in [5, 5.41) is -1.03. The van der Waals surface area contributed by atoms with Crippen LogP contribution < -0.4 is 0 Å². The molecule has 0 radical (unpaired) electrons. The fourth-order valence-corrected chi connectivity index (χ4v) is 2.41. The second-order valence-electron chi connectivity index (χ2n) is 4.20. The van der Waals surface area contributed by atoms with Crippen LogP contribution in [0.2, 0.25) is 0 Å². The summed E-state index contributed by atoms with van der Waals surface area (Å²) in [6, 6.07) is 18.5. The fourth-order valence-electron chi connectivity index (χ4n) is 1.66. The second kappa shape index (κ2) is 8.19. The number of hydrogen-bond acceptors (Lipinski definition) is 2. The van der Waals surface area contributed by atoms with Crippen LogP contribution in [0.4, 0.5) is 0 Å². The third-order valence-corrected chi connectivity index (χ3v) is 3.80. The SMILES string of the molecule is C=CC(c1ccccc1)S(=O)(=O)O.C=Cc1ccccc1. The Morgan fingerprint density at radius 2 is 1.38 bits per heavy atom. The molecule has 0 aliphatic carbocycles. The highest BCUT2D eigenvalue weighted by molar-refractivity contribution is 7.86. The summed E-state index contributed by atoms with van der Waals surface area (Å²) in [7, 11) is -4.09. The quantitative estimate of drug-likeness (QED) is 0.682. The second-order valence-corrected chi connectivity index (χ2v) is 5.73. The van der Waals surface area contributed by atoms with Gasteiger partial charge in [-0.15, -0.1) is 6.58 Å². The van der Waals surface area contributed by atoms with Crippen LogP contribution >= 0.6 is 0 Å². The first-order chi connectivity index (χ1) is 9.99. The Kier molecular flexibility index (Phi) is 6.59. The van der Waals surface area contributed by atoms with Crippen LogP contribution in [-0.2, 0) is 10.1 Å². The van der Waals surface area contributed by atoms with Crippen molar-refractivity contribution in [3.8, 4) is 0 Å². The zero-order valence-electron chi connectivity index (χ0n) is 11.6. The third-order valence-electron chi connectivity index (χ3n) is 2.70. The molecule has 21 heavy (non-hydrogen) atoms. The van der Waals surface area contributed by atoms with Crippen molar-refractivity contribution in [2.45, 2.75) is 5.25 Å². The van der Waals surface area contributed by atoms with Gasteiger partial charge in [0.25, 0.3) is 10.1 Å². The van der Waals surface area contributed by atoms with Crippen molar-refractivity contribution >= 4 is 16.2 Å². The van der Waals surface area contributed by atoms with E-state index >= 15 is 0 Å². The van der Waals surface area contributed by atoms with Crippen molar-refractivity contribution in [1.82, 2.24) is 0 Å². The van der Waals surface area contributed by atoms with Crippen molar-refractivity contribution in [2.75, 3.05) is 0 Å². The molecule has 0 amide bonds. The number of rotatable bonds is 4. The van der Waals surface area contributed by atoms with Gasteiger partial charge in [-0.1, -0.05) is 79.4 Å². The van der Waals surface area contributed by atoms with Gasteiger partial charge in [0.05, 0.1) is 0 Å². The zero-order valence-corrected chi connectivity index (χ0v) is 12.4. The molecule has 2 aromatic carbocycles. The number of benzene rings is 2. The van der Waals surface area contributed by atoms with Crippen LogP contribution in [0.5, 0.6) is 0 Å². The Morgan fingerprint density at radius 3 is 1.71 bits per heavy atom. The Morgan fingerprint density at radius 1 is 0.905 bits per heavy atom. The minimum atomic E-state index is -4.09. The largest absolute Gasteiger partial charge is 0.285 e. The van der Waals surface area contributed by atoms with E-state index in [2.05, 4.69) is 13.2 Å². The molecule has 0 aliphatic heterocycles. The predicted octanol–water partition coefficient (Wildman–Crippen LogP) is 4.13. The summed E-state index contributed by atoms with van der Waals surface area (Å²) in [5.41, 5.74) is 1.69. The summed E-state index contributed by atoms with van der Waals surface area (Å²) < 4.78 is 30.5. The molecular weight excluding hydrogens is 284 g/mol. The molecule has 0 saturated heterocycles. The first-order valence-electron chi connectivity index (χ1n) is 6.30. The van der Waals surface area contributed by atoms with E-state index in [0.717, 1.165) is 0 Å². The monoisotopic (exact) mass is 302 g/mol. The maximum absolute atomic E-state index is 10.8. The summed E-state index contributed by atoms with van der Waals surface area (Å²) >= 11 is 0. The molecule has 0 fully saturated rings. The lowest BCUT2D eigenvalue weighted by Crippen LogP contribution is -2.09. The van der Waals surface area contributed by atoms with Crippen LogP contribution in [0, 0.1) is 0 Å². The van der Waals surface area contributed by atoms with Gasteiger partial charge in [-0.2, -0.15) is 8.42 Å². The first kappa shape index (κ1) is 16.9. The van der Waals surface area contributed by atoms with Gasteiger partial charge in [0.15, 0.2) is 0 Å². The minimum Gasteiger partial charge on any atom is -0.285 e. The number of hydrogen-bond donors (Lipinski definition) is 1. The third kappa shape index (κ3) is 5.77. The molecule has 0 aromatic heterocycles. The zero-order chi connectivity index (χ0) is 15.7. The molecule has 3 nitrogen and oxygen atoms in total. The van der Waals surface area contributed by atoms with Gasteiger partial charge >= 0.3 is 0 Å². The van der Waals surface area contributed by atoms with Gasteiger partial charge < -0.3 is 0 Å². The topological polar surface area (TPSA) is 54.4 Å². The molecule has 1 N–H and O–H groups in total. The molecule has 0 aliphatic rings. The molecule has 2 aromatic rings. The van der Waals surface area contributed by atoms with Gasteiger partial charge in [0, 0.05) is 0 Å². The van der Waals surface area contributed by atoms with Crippen molar-refractivity contribution < 1.29 is 13.0 Å². The van der Waals surface area contributed by atoms with Crippen LogP contribution in [0.25, 0.3) is 6.08 Å². The molecule has 110 valence electrons. The standard InChI is InChI=1S/C9H10O3S.C8H8/c1-2-9(13(10,11)12)8-6-4-3-5-7-8;1-2-8-6-4-3-5-7-8/h2-7,9H,1H2,(H,10,11,12);2-7H,1H2. The van der Waals surface area contributed by atoms with E-state index in [1.165, 1.54) is 11.6 Å². The van der Waals surface area contributed by atoms with Crippen LogP contribution in [-0.4, -0.2) is 13.0 Å². The summed E-state index contributed by atoms with van der Waals surface area (Å²) in [6.07, 6.45) is 3.03. The van der Waals surface area contributed by atoms with E-state index in [0.29, 0.717) is 5.56 Å². The van der Waals surface area contributed by atoms with Gasteiger partial charge in [-0.05, 0) is 11.1 Å². The molecule has 1 atom stereocenters. The van der Waals surface area contributed by atoms with Crippen LogP contribution in [0.1, 0.15) is 16.4 Å². The van der Waals surface area contributed by atoms with Crippen molar-refractivity contribution in [3.05, 3.63) is 91.0 Å². The van der Waals surface area contributed by atoms with Crippen molar-refractivity contribution in [2.24, 2.45) is 0 Å². The molecule has 0 heterocycles. The Bertz CT molecular complexity index is 662. The van der Waals surface area contributed by atoms with Crippen LogP contribution in [0.15, 0.2) is 79.9 Å². The lowest BCUT2D eigenvalue weighted by molar-refractivity contribution is 0.476. The molecule has 0 spiro atoms. The van der Waals surface area contributed by atoms with E-state index < -0.39 is 15.4 Å². The van der Waals surface area contributed by atoms with Crippen molar-refractivity contribution in [3.63, 3.8) is 0 Å². The highest BCUT2D eigenvalue weighted by Gasteiger charge is 2.20. The van der Waals surface area contributed by atoms with Gasteiger partial charge in [0.2, 0.25) is 0 Å². The molecule has 1 unspecified atom stereocenters. The fraction of sp³-hybridized carbons (Fsp3) is 0.0588. The van der Waals surface area contributed by atoms with Gasteiger partial charge in [0.1, 0.15) is 5.25 Å². The lowest BCUT2D eigenvalue weighted by Gasteiger charge is -2.08.